The molecule has 162 valence electrons. The minimum Gasteiger partial charge on any atom is -0.355 e. The molecule has 1 N–H and O–H groups in total. The number of hydrogen-bond acceptors (Lipinski definition) is 3. The monoisotopic (exact) mass is 440 g/mol. The average molecular weight is 441 g/mol. The van der Waals surface area contributed by atoms with Crippen LogP contribution in [0.2, 0.25) is 0 Å². The van der Waals surface area contributed by atoms with Crippen LogP contribution in [-0.2, 0) is 27.8 Å². The molecular formula is C24H25FN2O3S. The summed E-state index contributed by atoms with van der Waals surface area (Å²) in [6, 6.07) is 22.0. The van der Waals surface area contributed by atoms with E-state index in [9.17, 15) is 17.6 Å². The number of aryl methyl sites for hydroxylation is 1. The molecule has 0 aliphatic carbocycles. The minimum absolute atomic E-state index is 0.0616. The van der Waals surface area contributed by atoms with Crippen molar-refractivity contribution in [2.24, 2.45) is 0 Å². The van der Waals surface area contributed by atoms with Crippen molar-refractivity contribution in [2.45, 2.75) is 24.8 Å². The number of sulfonamides is 1. The highest BCUT2D eigenvalue weighted by Gasteiger charge is 2.27. The van der Waals surface area contributed by atoms with Gasteiger partial charge < -0.3 is 5.32 Å². The molecule has 0 aromatic heterocycles. The van der Waals surface area contributed by atoms with Crippen molar-refractivity contribution >= 4 is 15.9 Å². The van der Waals surface area contributed by atoms with Crippen LogP contribution in [0.1, 0.15) is 16.7 Å². The van der Waals surface area contributed by atoms with Gasteiger partial charge in [0, 0.05) is 18.7 Å². The lowest BCUT2D eigenvalue weighted by atomic mass is 10.1. The zero-order chi connectivity index (χ0) is 22.3. The number of carbonyl (C=O) groups is 1. The Morgan fingerprint density at radius 1 is 0.935 bits per heavy atom. The standard InChI is InChI=1S/C24H25FN2O3S/c1-19-11-13-22(14-12-19)31(29,30)27(17-21-9-5-6-10-23(21)25)18-24(28)26-16-15-20-7-3-2-4-8-20/h2-14H,15-18H2,1H3,(H,26,28). The molecule has 1 amide bonds. The van der Waals surface area contributed by atoms with Gasteiger partial charge in [0.25, 0.3) is 0 Å². The van der Waals surface area contributed by atoms with Crippen molar-refractivity contribution in [3.63, 3.8) is 0 Å². The number of rotatable bonds is 9. The van der Waals surface area contributed by atoms with E-state index in [0.717, 1.165) is 15.4 Å². The van der Waals surface area contributed by atoms with E-state index in [0.29, 0.717) is 13.0 Å². The zero-order valence-corrected chi connectivity index (χ0v) is 18.1. The molecule has 7 heteroatoms. The molecule has 0 aliphatic heterocycles. The molecule has 0 unspecified atom stereocenters. The maximum atomic E-state index is 14.2. The van der Waals surface area contributed by atoms with Gasteiger partial charge in [0.15, 0.2) is 0 Å². The van der Waals surface area contributed by atoms with Crippen LogP contribution in [0.25, 0.3) is 0 Å². The molecule has 0 aliphatic rings. The highest BCUT2D eigenvalue weighted by Crippen LogP contribution is 2.20. The van der Waals surface area contributed by atoms with Gasteiger partial charge in [0.1, 0.15) is 5.82 Å². The Bertz CT molecular complexity index is 1120. The largest absolute Gasteiger partial charge is 0.355 e. The topological polar surface area (TPSA) is 66.5 Å². The molecular weight excluding hydrogens is 415 g/mol. The van der Waals surface area contributed by atoms with E-state index < -0.39 is 28.3 Å². The van der Waals surface area contributed by atoms with E-state index in [1.807, 2.05) is 37.3 Å². The molecule has 3 aromatic rings. The number of carbonyl (C=O) groups excluding carboxylic acids is 1. The van der Waals surface area contributed by atoms with Gasteiger partial charge in [0.2, 0.25) is 15.9 Å². The van der Waals surface area contributed by atoms with Crippen molar-refractivity contribution in [3.05, 3.63) is 101 Å². The summed E-state index contributed by atoms with van der Waals surface area (Å²) in [7, 11) is -4.00. The molecule has 3 rings (SSSR count). The van der Waals surface area contributed by atoms with Gasteiger partial charge in [-0.3, -0.25) is 4.79 Å². The number of halogens is 1. The summed E-state index contributed by atoms with van der Waals surface area (Å²) >= 11 is 0. The highest BCUT2D eigenvalue weighted by molar-refractivity contribution is 7.89. The molecule has 5 nitrogen and oxygen atoms in total. The summed E-state index contributed by atoms with van der Waals surface area (Å²) in [5.74, 6) is -0.959. The molecule has 0 saturated heterocycles. The van der Waals surface area contributed by atoms with Crippen LogP contribution in [0.4, 0.5) is 4.39 Å². The second-order valence-electron chi connectivity index (χ2n) is 7.26. The molecule has 0 heterocycles. The predicted molar refractivity (Wildman–Crippen MR) is 118 cm³/mol. The third-order valence-corrected chi connectivity index (χ3v) is 6.67. The lowest BCUT2D eigenvalue weighted by Crippen LogP contribution is -2.41. The van der Waals surface area contributed by atoms with Crippen LogP contribution in [0.3, 0.4) is 0 Å². The van der Waals surface area contributed by atoms with Gasteiger partial charge in [-0.15, -0.1) is 0 Å². The van der Waals surface area contributed by atoms with Crippen molar-refractivity contribution in [2.75, 3.05) is 13.1 Å². The van der Waals surface area contributed by atoms with Gasteiger partial charge in [-0.2, -0.15) is 4.31 Å². The molecule has 0 fully saturated rings. The van der Waals surface area contributed by atoms with Gasteiger partial charge in [-0.1, -0.05) is 66.2 Å². The number of nitrogens with zero attached hydrogens (tertiary/aromatic N) is 1. The fourth-order valence-corrected chi connectivity index (χ4v) is 4.48. The van der Waals surface area contributed by atoms with Gasteiger partial charge in [-0.25, -0.2) is 12.8 Å². The first-order valence-corrected chi connectivity index (χ1v) is 11.4. The first-order chi connectivity index (χ1) is 14.9. The Morgan fingerprint density at radius 3 is 2.26 bits per heavy atom. The van der Waals surface area contributed by atoms with Crippen LogP contribution in [0.15, 0.2) is 83.8 Å². The first-order valence-electron chi connectivity index (χ1n) is 9.97. The SMILES string of the molecule is Cc1ccc(S(=O)(=O)N(CC(=O)NCCc2ccccc2)Cc2ccccc2F)cc1. The predicted octanol–water partition coefficient (Wildman–Crippen LogP) is 3.68. The fourth-order valence-electron chi connectivity index (χ4n) is 3.11. The van der Waals surface area contributed by atoms with Crippen molar-refractivity contribution < 1.29 is 17.6 Å². The Labute approximate surface area is 182 Å². The molecule has 0 bridgehead atoms. The van der Waals surface area contributed by atoms with Crippen LogP contribution < -0.4 is 5.32 Å². The lowest BCUT2D eigenvalue weighted by Gasteiger charge is -2.22. The van der Waals surface area contributed by atoms with E-state index in [2.05, 4.69) is 5.32 Å². The maximum Gasteiger partial charge on any atom is 0.243 e. The summed E-state index contributed by atoms with van der Waals surface area (Å²) in [4.78, 5) is 12.6. The van der Waals surface area contributed by atoms with Crippen LogP contribution in [0, 0.1) is 12.7 Å². The maximum absolute atomic E-state index is 14.2. The highest BCUT2D eigenvalue weighted by atomic mass is 32.2. The summed E-state index contributed by atoms with van der Waals surface area (Å²) in [5.41, 5.74) is 2.19. The molecule has 0 radical (unpaired) electrons. The normalized spacial score (nSPS) is 11.5. The Morgan fingerprint density at radius 2 is 1.58 bits per heavy atom. The second kappa shape index (κ2) is 10.3. The third-order valence-electron chi connectivity index (χ3n) is 4.86. The molecule has 0 saturated carbocycles. The number of benzene rings is 3. The summed E-state index contributed by atoms with van der Waals surface area (Å²) in [6.45, 7) is 1.59. The molecule has 31 heavy (non-hydrogen) atoms. The van der Waals surface area contributed by atoms with E-state index in [-0.39, 0.29) is 17.0 Å². The van der Waals surface area contributed by atoms with E-state index >= 15 is 0 Å². The van der Waals surface area contributed by atoms with Gasteiger partial charge in [0.05, 0.1) is 11.4 Å². The Balaban J connectivity index is 1.76. The summed E-state index contributed by atoms with van der Waals surface area (Å²) < 4.78 is 41.6. The number of hydrogen-bond donors (Lipinski definition) is 1. The van der Waals surface area contributed by atoms with Gasteiger partial charge >= 0.3 is 0 Å². The molecule has 3 aromatic carbocycles. The van der Waals surface area contributed by atoms with Crippen molar-refractivity contribution in [1.29, 1.82) is 0 Å². The molecule has 0 atom stereocenters. The van der Waals surface area contributed by atoms with Crippen LogP contribution in [-0.4, -0.2) is 31.7 Å². The van der Waals surface area contributed by atoms with Crippen LogP contribution in [0.5, 0.6) is 0 Å². The fraction of sp³-hybridized carbons (Fsp3) is 0.208. The second-order valence-corrected chi connectivity index (χ2v) is 9.20. The van der Waals surface area contributed by atoms with Crippen molar-refractivity contribution in [1.82, 2.24) is 9.62 Å². The Kier molecular flexibility index (Phi) is 7.55. The van der Waals surface area contributed by atoms with Gasteiger partial charge in [-0.05, 0) is 37.1 Å². The third kappa shape index (κ3) is 6.23. The average Bonchev–Trinajstić information content (AvgIpc) is 2.76. The lowest BCUT2D eigenvalue weighted by molar-refractivity contribution is -0.121. The first kappa shape index (κ1) is 22.7. The molecule has 0 spiro atoms. The number of nitrogens with one attached hydrogen (secondary N) is 1. The smallest absolute Gasteiger partial charge is 0.243 e. The van der Waals surface area contributed by atoms with Crippen molar-refractivity contribution in [3.8, 4) is 0 Å². The minimum atomic E-state index is -4.00. The quantitative estimate of drug-likeness (QED) is 0.552. The van der Waals surface area contributed by atoms with E-state index in [1.165, 1.54) is 30.3 Å². The summed E-state index contributed by atoms with van der Waals surface area (Å²) in [5, 5.41) is 2.76. The Hall–Kier alpha value is -3.03. The zero-order valence-electron chi connectivity index (χ0n) is 17.3. The summed E-state index contributed by atoms with van der Waals surface area (Å²) in [6.07, 6.45) is 0.630. The number of amides is 1. The van der Waals surface area contributed by atoms with E-state index in [1.54, 1.807) is 18.2 Å². The van der Waals surface area contributed by atoms with Crippen LogP contribution >= 0.6 is 0 Å². The van der Waals surface area contributed by atoms with E-state index in [4.69, 9.17) is 0 Å².